The van der Waals surface area contributed by atoms with Crippen molar-refractivity contribution < 1.29 is 13.2 Å². The summed E-state index contributed by atoms with van der Waals surface area (Å²) in [4.78, 5) is 12.0. The lowest BCUT2D eigenvalue weighted by atomic mass is 9.76. The SMILES string of the molecule is CC1(CNC(=O)c2csc(S(N)(=O)=O)c2)CCCCC1. The maximum absolute atomic E-state index is 12.0. The van der Waals surface area contributed by atoms with Crippen LogP contribution in [0.15, 0.2) is 15.7 Å². The lowest BCUT2D eigenvalue weighted by molar-refractivity contribution is 0.0919. The summed E-state index contributed by atoms with van der Waals surface area (Å²) in [6.45, 7) is 2.82. The van der Waals surface area contributed by atoms with Gasteiger partial charge < -0.3 is 5.32 Å². The van der Waals surface area contributed by atoms with E-state index >= 15 is 0 Å². The number of amides is 1. The van der Waals surface area contributed by atoms with Crippen molar-refractivity contribution in [3.05, 3.63) is 17.0 Å². The Balaban J connectivity index is 1.97. The number of thiophene rings is 1. The number of primary sulfonamides is 1. The van der Waals surface area contributed by atoms with Crippen molar-refractivity contribution in [1.82, 2.24) is 5.32 Å². The third-order valence-electron chi connectivity index (χ3n) is 3.85. The zero-order valence-corrected chi connectivity index (χ0v) is 13.1. The number of rotatable bonds is 4. The van der Waals surface area contributed by atoms with Gasteiger partial charge in [0.05, 0.1) is 5.56 Å². The summed E-state index contributed by atoms with van der Waals surface area (Å²) in [6, 6.07) is 1.33. The van der Waals surface area contributed by atoms with Crippen LogP contribution >= 0.6 is 11.3 Å². The maximum atomic E-state index is 12.0. The van der Waals surface area contributed by atoms with Crippen molar-refractivity contribution in [2.45, 2.75) is 43.2 Å². The fraction of sp³-hybridized carbons (Fsp3) is 0.615. The van der Waals surface area contributed by atoms with E-state index in [0.29, 0.717) is 12.1 Å². The van der Waals surface area contributed by atoms with Gasteiger partial charge in [-0.25, -0.2) is 13.6 Å². The van der Waals surface area contributed by atoms with Crippen molar-refractivity contribution in [2.24, 2.45) is 10.6 Å². The molecule has 1 aliphatic rings. The zero-order chi connectivity index (χ0) is 14.8. The largest absolute Gasteiger partial charge is 0.351 e. The minimum Gasteiger partial charge on any atom is -0.351 e. The molecule has 0 unspecified atom stereocenters. The van der Waals surface area contributed by atoms with Crippen molar-refractivity contribution in [3.63, 3.8) is 0 Å². The summed E-state index contributed by atoms with van der Waals surface area (Å²) >= 11 is 0.972. The molecule has 0 aliphatic heterocycles. The number of hydrogen-bond donors (Lipinski definition) is 2. The Morgan fingerprint density at radius 1 is 1.40 bits per heavy atom. The molecule has 1 saturated carbocycles. The first-order valence-electron chi connectivity index (χ1n) is 6.70. The summed E-state index contributed by atoms with van der Waals surface area (Å²) in [5.41, 5.74) is 0.519. The Morgan fingerprint density at radius 3 is 2.60 bits per heavy atom. The van der Waals surface area contributed by atoms with Crippen molar-refractivity contribution in [2.75, 3.05) is 6.54 Å². The minimum absolute atomic E-state index is 0.0199. The third kappa shape index (κ3) is 3.80. The molecule has 3 N–H and O–H groups in total. The Hall–Kier alpha value is -0.920. The van der Waals surface area contributed by atoms with Gasteiger partial charge in [-0.2, -0.15) is 0 Å². The lowest BCUT2D eigenvalue weighted by Crippen LogP contribution is -2.36. The predicted octanol–water partition coefficient (Wildman–Crippen LogP) is 2.10. The highest BCUT2D eigenvalue weighted by atomic mass is 32.2. The molecule has 1 heterocycles. The summed E-state index contributed by atoms with van der Waals surface area (Å²) in [6.07, 6.45) is 5.94. The molecule has 1 amide bonds. The van der Waals surface area contributed by atoms with E-state index in [-0.39, 0.29) is 15.5 Å². The number of carbonyl (C=O) groups excluding carboxylic acids is 1. The van der Waals surface area contributed by atoms with Crippen molar-refractivity contribution >= 4 is 27.3 Å². The molecule has 5 nitrogen and oxygen atoms in total. The van der Waals surface area contributed by atoms with E-state index in [4.69, 9.17) is 5.14 Å². The van der Waals surface area contributed by atoms with Gasteiger partial charge in [0.2, 0.25) is 10.0 Å². The highest BCUT2D eigenvalue weighted by molar-refractivity contribution is 7.91. The van der Waals surface area contributed by atoms with E-state index in [0.717, 1.165) is 24.2 Å². The summed E-state index contributed by atoms with van der Waals surface area (Å²) < 4.78 is 22.4. The number of sulfonamides is 1. The normalized spacial score (nSPS) is 18.7. The highest BCUT2D eigenvalue weighted by Crippen LogP contribution is 2.35. The van der Waals surface area contributed by atoms with Crippen LogP contribution in [0.25, 0.3) is 0 Å². The number of hydrogen-bond acceptors (Lipinski definition) is 4. The van der Waals surface area contributed by atoms with E-state index in [1.165, 1.54) is 30.7 Å². The topological polar surface area (TPSA) is 89.3 Å². The predicted molar refractivity (Wildman–Crippen MR) is 79.2 cm³/mol. The van der Waals surface area contributed by atoms with E-state index < -0.39 is 10.0 Å². The Morgan fingerprint density at radius 2 is 2.05 bits per heavy atom. The van der Waals surface area contributed by atoms with Crippen LogP contribution in [-0.2, 0) is 10.0 Å². The molecular weight excluding hydrogens is 296 g/mol. The molecule has 0 aromatic carbocycles. The fourth-order valence-electron chi connectivity index (χ4n) is 2.56. The molecule has 1 aromatic rings. The molecule has 2 rings (SSSR count). The van der Waals surface area contributed by atoms with Crippen LogP contribution in [0, 0.1) is 5.41 Å². The number of nitrogens with two attached hydrogens (primary N) is 1. The van der Waals surface area contributed by atoms with Gasteiger partial charge in [0.15, 0.2) is 0 Å². The first kappa shape index (κ1) is 15.5. The smallest absolute Gasteiger partial charge is 0.252 e. The zero-order valence-electron chi connectivity index (χ0n) is 11.5. The van der Waals surface area contributed by atoms with Gasteiger partial charge in [0, 0.05) is 11.9 Å². The minimum atomic E-state index is -3.72. The monoisotopic (exact) mass is 316 g/mol. The molecule has 1 aromatic heterocycles. The summed E-state index contributed by atoms with van der Waals surface area (Å²) in [5.74, 6) is -0.233. The second kappa shape index (κ2) is 5.83. The van der Waals surface area contributed by atoms with Crippen molar-refractivity contribution in [3.8, 4) is 0 Å². The third-order valence-corrected chi connectivity index (χ3v) is 6.24. The standard InChI is InChI=1S/C13H20N2O3S2/c1-13(5-3-2-4-6-13)9-15-12(16)10-7-11(19-8-10)20(14,17)18/h7-8H,2-6,9H2,1H3,(H,15,16)(H2,14,17,18). The van der Waals surface area contributed by atoms with Crippen LogP contribution in [0.4, 0.5) is 0 Å². The second-order valence-electron chi connectivity index (χ2n) is 5.75. The van der Waals surface area contributed by atoms with E-state index in [1.54, 1.807) is 0 Å². The molecule has 20 heavy (non-hydrogen) atoms. The van der Waals surface area contributed by atoms with Gasteiger partial charge in [-0.15, -0.1) is 11.3 Å². The van der Waals surface area contributed by atoms with Crippen LogP contribution < -0.4 is 10.5 Å². The molecule has 1 aliphatic carbocycles. The second-order valence-corrected chi connectivity index (χ2v) is 8.45. The number of carbonyl (C=O) groups is 1. The summed E-state index contributed by atoms with van der Waals surface area (Å²) in [7, 11) is -3.72. The van der Waals surface area contributed by atoms with E-state index in [9.17, 15) is 13.2 Å². The first-order valence-corrected chi connectivity index (χ1v) is 9.12. The molecule has 0 bridgehead atoms. The van der Waals surface area contributed by atoms with Gasteiger partial charge >= 0.3 is 0 Å². The molecule has 0 spiro atoms. The summed E-state index contributed by atoms with van der Waals surface area (Å²) in [5, 5.41) is 9.47. The molecule has 7 heteroatoms. The van der Waals surface area contributed by atoms with Crippen LogP contribution in [0.3, 0.4) is 0 Å². The molecular formula is C13H20N2O3S2. The van der Waals surface area contributed by atoms with E-state index in [1.807, 2.05) is 0 Å². The van der Waals surface area contributed by atoms with Gasteiger partial charge in [-0.05, 0) is 24.3 Å². The van der Waals surface area contributed by atoms with Crippen molar-refractivity contribution in [1.29, 1.82) is 0 Å². The average Bonchev–Trinajstić information content (AvgIpc) is 2.86. The van der Waals surface area contributed by atoms with Crippen LogP contribution in [0.2, 0.25) is 0 Å². The quantitative estimate of drug-likeness (QED) is 0.891. The maximum Gasteiger partial charge on any atom is 0.252 e. The van der Waals surface area contributed by atoms with Crippen LogP contribution in [0.5, 0.6) is 0 Å². The molecule has 0 radical (unpaired) electrons. The van der Waals surface area contributed by atoms with Crippen LogP contribution in [0.1, 0.15) is 49.4 Å². The Bertz CT molecular complexity index is 587. The van der Waals surface area contributed by atoms with Crippen LogP contribution in [-0.4, -0.2) is 20.9 Å². The fourth-order valence-corrected chi connectivity index (χ4v) is 4.15. The Labute approximate surface area is 123 Å². The van der Waals surface area contributed by atoms with Gasteiger partial charge in [-0.1, -0.05) is 26.2 Å². The number of nitrogens with one attached hydrogen (secondary N) is 1. The van der Waals surface area contributed by atoms with E-state index in [2.05, 4.69) is 12.2 Å². The van der Waals surface area contributed by atoms with Gasteiger partial charge in [0.25, 0.3) is 5.91 Å². The molecule has 0 saturated heterocycles. The molecule has 1 fully saturated rings. The van der Waals surface area contributed by atoms with Gasteiger partial charge in [-0.3, -0.25) is 4.79 Å². The molecule has 112 valence electrons. The highest BCUT2D eigenvalue weighted by Gasteiger charge is 2.27. The first-order chi connectivity index (χ1) is 9.30. The van der Waals surface area contributed by atoms with Gasteiger partial charge in [0.1, 0.15) is 4.21 Å². The Kier molecular flexibility index (Phi) is 4.51. The lowest BCUT2D eigenvalue weighted by Gasteiger charge is -2.33. The molecule has 0 atom stereocenters. The average molecular weight is 316 g/mol.